The average molecular weight is 233 g/mol. The minimum atomic E-state index is 0.570. The molecule has 0 N–H and O–H groups in total. The number of ether oxygens (including phenoxy) is 3. The van der Waals surface area contributed by atoms with E-state index in [9.17, 15) is 0 Å². The standard InChI is InChI=1S/C13H15NO3/c1-8-5-6-9-7-10(15-2)12(16-3)13(17-4)11(9)14-8/h5-7H,1-4H3. The third kappa shape index (κ3) is 1.86. The van der Waals surface area contributed by atoms with Crippen LogP contribution in [0.1, 0.15) is 5.69 Å². The van der Waals surface area contributed by atoms with Crippen LogP contribution in [-0.4, -0.2) is 26.3 Å². The summed E-state index contributed by atoms with van der Waals surface area (Å²) >= 11 is 0. The van der Waals surface area contributed by atoms with E-state index in [0.29, 0.717) is 17.2 Å². The van der Waals surface area contributed by atoms with Crippen molar-refractivity contribution in [1.82, 2.24) is 4.98 Å². The Balaban J connectivity index is 2.84. The van der Waals surface area contributed by atoms with Crippen LogP contribution < -0.4 is 14.2 Å². The lowest BCUT2D eigenvalue weighted by Gasteiger charge is -2.14. The van der Waals surface area contributed by atoms with Crippen LogP contribution in [0.15, 0.2) is 18.2 Å². The topological polar surface area (TPSA) is 40.6 Å². The summed E-state index contributed by atoms with van der Waals surface area (Å²) in [7, 11) is 4.79. The second-order valence-corrected chi connectivity index (χ2v) is 3.67. The van der Waals surface area contributed by atoms with Crippen molar-refractivity contribution >= 4 is 10.9 Å². The Hall–Kier alpha value is -1.97. The van der Waals surface area contributed by atoms with E-state index < -0.39 is 0 Å². The molecule has 0 spiro atoms. The Morgan fingerprint density at radius 2 is 1.65 bits per heavy atom. The first-order chi connectivity index (χ1) is 8.21. The summed E-state index contributed by atoms with van der Waals surface area (Å²) < 4.78 is 16.0. The highest BCUT2D eigenvalue weighted by atomic mass is 16.5. The monoisotopic (exact) mass is 233 g/mol. The molecule has 0 radical (unpaired) electrons. The highest BCUT2D eigenvalue weighted by Gasteiger charge is 2.16. The van der Waals surface area contributed by atoms with E-state index in [1.54, 1.807) is 21.3 Å². The highest BCUT2D eigenvalue weighted by molar-refractivity contribution is 5.90. The van der Waals surface area contributed by atoms with Gasteiger partial charge in [-0.2, -0.15) is 0 Å². The van der Waals surface area contributed by atoms with Gasteiger partial charge in [0.15, 0.2) is 11.5 Å². The number of methoxy groups -OCH3 is 3. The first-order valence-electron chi connectivity index (χ1n) is 5.27. The van der Waals surface area contributed by atoms with Crippen molar-refractivity contribution in [2.45, 2.75) is 6.92 Å². The summed E-state index contributed by atoms with van der Waals surface area (Å²) in [5.74, 6) is 1.81. The largest absolute Gasteiger partial charge is 0.493 e. The van der Waals surface area contributed by atoms with Gasteiger partial charge in [-0.1, -0.05) is 6.07 Å². The number of hydrogen-bond acceptors (Lipinski definition) is 4. The molecule has 2 aromatic rings. The second-order valence-electron chi connectivity index (χ2n) is 3.67. The predicted molar refractivity (Wildman–Crippen MR) is 66.1 cm³/mol. The van der Waals surface area contributed by atoms with Gasteiger partial charge in [-0.05, 0) is 19.1 Å². The van der Waals surface area contributed by atoms with Crippen LogP contribution in [0.2, 0.25) is 0 Å². The number of hydrogen-bond donors (Lipinski definition) is 0. The number of aromatic nitrogens is 1. The first kappa shape index (κ1) is 11.5. The highest BCUT2D eigenvalue weighted by Crippen LogP contribution is 2.42. The molecule has 1 heterocycles. The molecule has 0 saturated carbocycles. The molecule has 0 bridgehead atoms. The number of benzene rings is 1. The van der Waals surface area contributed by atoms with E-state index >= 15 is 0 Å². The van der Waals surface area contributed by atoms with Gasteiger partial charge >= 0.3 is 0 Å². The summed E-state index contributed by atoms with van der Waals surface area (Å²) in [5, 5.41) is 0.963. The number of aryl methyl sites for hydroxylation is 1. The van der Waals surface area contributed by atoms with Crippen LogP contribution in [-0.2, 0) is 0 Å². The molecule has 0 amide bonds. The Morgan fingerprint density at radius 3 is 2.24 bits per heavy atom. The second kappa shape index (κ2) is 4.49. The van der Waals surface area contributed by atoms with E-state index in [1.165, 1.54) is 0 Å². The third-order valence-corrected chi connectivity index (χ3v) is 2.63. The van der Waals surface area contributed by atoms with Crippen LogP contribution in [0.5, 0.6) is 17.2 Å². The van der Waals surface area contributed by atoms with Crippen molar-refractivity contribution in [3.63, 3.8) is 0 Å². The fraction of sp³-hybridized carbons (Fsp3) is 0.308. The molecule has 0 aliphatic rings. The van der Waals surface area contributed by atoms with Gasteiger partial charge in [0.1, 0.15) is 5.52 Å². The summed E-state index contributed by atoms with van der Waals surface area (Å²) in [6, 6.07) is 5.83. The fourth-order valence-electron chi connectivity index (χ4n) is 1.83. The summed E-state index contributed by atoms with van der Waals surface area (Å²) in [6.45, 7) is 1.94. The van der Waals surface area contributed by atoms with Crippen LogP contribution in [0.3, 0.4) is 0 Å². The molecule has 4 heteroatoms. The molecule has 0 aliphatic heterocycles. The molecular weight excluding hydrogens is 218 g/mol. The zero-order valence-corrected chi connectivity index (χ0v) is 10.4. The molecule has 4 nitrogen and oxygen atoms in total. The SMILES string of the molecule is COc1cc2ccc(C)nc2c(OC)c1OC. The van der Waals surface area contributed by atoms with E-state index in [1.807, 2.05) is 25.1 Å². The lowest BCUT2D eigenvalue weighted by Crippen LogP contribution is -1.97. The van der Waals surface area contributed by atoms with Gasteiger partial charge in [0, 0.05) is 11.1 Å². The van der Waals surface area contributed by atoms with Crippen molar-refractivity contribution in [3.05, 3.63) is 23.9 Å². The molecule has 0 fully saturated rings. The van der Waals surface area contributed by atoms with Gasteiger partial charge in [-0.25, -0.2) is 4.98 Å². The number of pyridine rings is 1. The van der Waals surface area contributed by atoms with Gasteiger partial charge in [0.05, 0.1) is 21.3 Å². The molecule has 0 aliphatic carbocycles. The van der Waals surface area contributed by atoms with Gasteiger partial charge < -0.3 is 14.2 Å². The van der Waals surface area contributed by atoms with Gasteiger partial charge in [-0.15, -0.1) is 0 Å². The van der Waals surface area contributed by atoms with Gasteiger partial charge in [0.25, 0.3) is 0 Å². The van der Waals surface area contributed by atoms with Crippen molar-refractivity contribution < 1.29 is 14.2 Å². The van der Waals surface area contributed by atoms with Gasteiger partial charge in [0.2, 0.25) is 5.75 Å². The molecule has 2 rings (SSSR count). The zero-order chi connectivity index (χ0) is 12.4. The van der Waals surface area contributed by atoms with Crippen molar-refractivity contribution in [3.8, 4) is 17.2 Å². The Labute approximate surface area is 100 Å². The Morgan fingerprint density at radius 1 is 0.941 bits per heavy atom. The molecule has 0 atom stereocenters. The summed E-state index contributed by atoms with van der Waals surface area (Å²) in [5.41, 5.74) is 1.72. The van der Waals surface area contributed by atoms with Crippen LogP contribution in [0, 0.1) is 6.92 Å². The molecule has 0 saturated heterocycles. The summed E-state index contributed by atoms with van der Waals surface area (Å²) in [6.07, 6.45) is 0. The maximum Gasteiger partial charge on any atom is 0.205 e. The maximum absolute atomic E-state index is 5.38. The number of fused-ring (bicyclic) bond motifs is 1. The lowest BCUT2D eigenvalue weighted by atomic mass is 10.1. The Kier molecular flexibility index (Phi) is 3.04. The average Bonchev–Trinajstić information content (AvgIpc) is 2.36. The van der Waals surface area contributed by atoms with Crippen LogP contribution in [0.4, 0.5) is 0 Å². The first-order valence-corrected chi connectivity index (χ1v) is 5.27. The Bertz CT molecular complexity index is 552. The molecule has 1 aromatic carbocycles. The maximum atomic E-state index is 5.38. The minimum absolute atomic E-state index is 0.570. The van der Waals surface area contributed by atoms with Crippen molar-refractivity contribution in [2.24, 2.45) is 0 Å². The summed E-state index contributed by atoms with van der Waals surface area (Å²) in [4.78, 5) is 4.47. The number of rotatable bonds is 3. The fourth-order valence-corrected chi connectivity index (χ4v) is 1.83. The zero-order valence-electron chi connectivity index (χ0n) is 10.4. The lowest BCUT2D eigenvalue weighted by molar-refractivity contribution is 0.327. The van der Waals surface area contributed by atoms with E-state index in [-0.39, 0.29) is 0 Å². The quantitative estimate of drug-likeness (QED) is 0.817. The van der Waals surface area contributed by atoms with Crippen LogP contribution >= 0.6 is 0 Å². The normalized spacial score (nSPS) is 10.4. The molecule has 17 heavy (non-hydrogen) atoms. The predicted octanol–water partition coefficient (Wildman–Crippen LogP) is 2.57. The van der Waals surface area contributed by atoms with Crippen LogP contribution in [0.25, 0.3) is 10.9 Å². The van der Waals surface area contributed by atoms with Crippen molar-refractivity contribution in [2.75, 3.05) is 21.3 Å². The molecule has 0 unspecified atom stereocenters. The molecule has 1 aromatic heterocycles. The molecular formula is C13H15NO3. The van der Waals surface area contributed by atoms with E-state index in [4.69, 9.17) is 14.2 Å². The minimum Gasteiger partial charge on any atom is -0.493 e. The third-order valence-electron chi connectivity index (χ3n) is 2.63. The molecule has 90 valence electrons. The van der Waals surface area contributed by atoms with Gasteiger partial charge in [-0.3, -0.25) is 0 Å². The smallest absolute Gasteiger partial charge is 0.205 e. The number of nitrogens with zero attached hydrogens (tertiary/aromatic N) is 1. The van der Waals surface area contributed by atoms with Crippen molar-refractivity contribution in [1.29, 1.82) is 0 Å². The van der Waals surface area contributed by atoms with E-state index in [2.05, 4.69) is 4.98 Å². The van der Waals surface area contributed by atoms with E-state index in [0.717, 1.165) is 16.6 Å².